The van der Waals surface area contributed by atoms with Crippen molar-refractivity contribution in [3.05, 3.63) is 45.4 Å². The molecule has 1 N–H and O–H groups in total. The average Bonchev–Trinajstić information content (AvgIpc) is 2.82. The van der Waals surface area contributed by atoms with Gasteiger partial charge in [0.15, 0.2) is 0 Å². The Hall–Kier alpha value is -1.07. The number of halogens is 3. The first-order valence-corrected chi connectivity index (χ1v) is 7.11. The number of rotatable bonds is 4. The van der Waals surface area contributed by atoms with Gasteiger partial charge in [0.1, 0.15) is 5.82 Å². The predicted octanol–water partition coefficient (Wildman–Crippen LogP) is 4.63. The zero-order valence-electron chi connectivity index (χ0n) is 10.6. The highest BCUT2D eigenvalue weighted by Crippen LogP contribution is 2.34. The Morgan fingerprint density at radius 1 is 1.53 bits per heavy atom. The maximum absolute atomic E-state index is 13.2. The Bertz CT molecular complexity index is 562. The molecular formula is C13H14BrClFN3. The first-order valence-electron chi connectivity index (χ1n) is 5.94. The fourth-order valence-electron chi connectivity index (χ4n) is 1.76. The van der Waals surface area contributed by atoms with Crippen molar-refractivity contribution in [1.29, 1.82) is 0 Å². The number of nitrogens with zero attached hydrogens (tertiary/aromatic N) is 2. The summed E-state index contributed by atoms with van der Waals surface area (Å²) in [5, 5.41) is 7.84. The molecule has 0 bridgehead atoms. The van der Waals surface area contributed by atoms with Gasteiger partial charge in [-0.05, 0) is 41.9 Å². The van der Waals surface area contributed by atoms with Crippen LogP contribution in [0.2, 0.25) is 5.02 Å². The summed E-state index contributed by atoms with van der Waals surface area (Å²) in [7, 11) is 0. The number of hydrogen-bond donors (Lipinski definition) is 1. The van der Waals surface area contributed by atoms with Gasteiger partial charge in [-0.3, -0.25) is 4.68 Å². The second-order valence-electron chi connectivity index (χ2n) is 4.24. The zero-order chi connectivity index (χ0) is 14.0. The third-order valence-corrected chi connectivity index (χ3v) is 3.77. The topological polar surface area (TPSA) is 29.9 Å². The highest BCUT2D eigenvalue weighted by atomic mass is 79.9. The van der Waals surface area contributed by atoms with Crippen molar-refractivity contribution in [3.8, 4) is 0 Å². The van der Waals surface area contributed by atoms with Crippen LogP contribution in [-0.2, 0) is 6.54 Å². The molecule has 0 amide bonds. The molecule has 102 valence electrons. The Morgan fingerprint density at radius 2 is 2.26 bits per heavy atom. The summed E-state index contributed by atoms with van der Waals surface area (Å²) in [6.45, 7) is 4.86. The second kappa shape index (κ2) is 5.92. The number of benzene rings is 1. The van der Waals surface area contributed by atoms with E-state index in [1.807, 2.05) is 30.9 Å². The Balaban J connectivity index is 2.21. The van der Waals surface area contributed by atoms with Crippen molar-refractivity contribution in [2.45, 2.75) is 26.4 Å². The molecule has 0 aliphatic carbocycles. The van der Waals surface area contributed by atoms with E-state index in [1.165, 1.54) is 12.1 Å². The van der Waals surface area contributed by atoms with Crippen LogP contribution >= 0.6 is 27.5 Å². The minimum absolute atomic E-state index is 0.0274. The molecule has 19 heavy (non-hydrogen) atoms. The van der Waals surface area contributed by atoms with E-state index in [4.69, 9.17) is 11.6 Å². The van der Waals surface area contributed by atoms with Crippen LogP contribution < -0.4 is 5.32 Å². The number of anilines is 1. The van der Waals surface area contributed by atoms with E-state index in [1.54, 1.807) is 0 Å². The molecule has 1 aromatic carbocycles. The number of nitrogens with one attached hydrogen (secondary N) is 1. The van der Waals surface area contributed by atoms with Gasteiger partial charge >= 0.3 is 0 Å². The van der Waals surface area contributed by atoms with Crippen LogP contribution in [0.25, 0.3) is 0 Å². The summed E-state index contributed by atoms with van der Waals surface area (Å²) in [5.41, 5.74) is 1.73. The highest BCUT2D eigenvalue weighted by molar-refractivity contribution is 9.10. The molecule has 0 aliphatic heterocycles. The van der Waals surface area contributed by atoms with Crippen molar-refractivity contribution in [3.63, 3.8) is 0 Å². The van der Waals surface area contributed by atoms with Gasteiger partial charge in [0.2, 0.25) is 0 Å². The largest absolute Gasteiger partial charge is 0.376 e. The van der Waals surface area contributed by atoms with Crippen LogP contribution in [0, 0.1) is 5.82 Å². The van der Waals surface area contributed by atoms with Gasteiger partial charge in [-0.2, -0.15) is 5.10 Å². The van der Waals surface area contributed by atoms with E-state index >= 15 is 0 Å². The molecule has 0 saturated heterocycles. The summed E-state index contributed by atoms with van der Waals surface area (Å²) in [6, 6.07) is 2.70. The van der Waals surface area contributed by atoms with E-state index in [2.05, 4.69) is 26.3 Å². The molecule has 1 heterocycles. The van der Waals surface area contributed by atoms with Gasteiger partial charge in [-0.15, -0.1) is 0 Å². The fraction of sp³-hybridized carbons (Fsp3) is 0.308. The lowest BCUT2D eigenvalue weighted by Gasteiger charge is -2.16. The minimum Gasteiger partial charge on any atom is -0.376 e. The molecule has 1 atom stereocenters. The second-order valence-corrected chi connectivity index (χ2v) is 5.50. The van der Waals surface area contributed by atoms with Crippen LogP contribution in [0.3, 0.4) is 0 Å². The highest BCUT2D eigenvalue weighted by Gasteiger charge is 2.13. The lowest BCUT2D eigenvalue weighted by atomic mass is 10.2. The summed E-state index contributed by atoms with van der Waals surface area (Å²) in [5.74, 6) is -0.367. The lowest BCUT2D eigenvalue weighted by molar-refractivity contribution is 0.627. The number of hydrogen-bond acceptors (Lipinski definition) is 2. The van der Waals surface area contributed by atoms with Crippen LogP contribution in [0.1, 0.15) is 25.5 Å². The van der Waals surface area contributed by atoms with Gasteiger partial charge in [0, 0.05) is 22.8 Å². The van der Waals surface area contributed by atoms with Gasteiger partial charge in [0.05, 0.1) is 22.9 Å². The van der Waals surface area contributed by atoms with E-state index in [0.29, 0.717) is 15.2 Å². The first-order chi connectivity index (χ1) is 9.01. The maximum Gasteiger partial charge on any atom is 0.125 e. The molecule has 2 aromatic rings. The van der Waals surface area contributed by atoms with Crippen molar-refractivity contribution in [1.82, 2.24) is 9.78 Å². The van der Waals surface area contributed by atoms with E-state index in [9.17, 15) is 4.39 Å². The van der Waals surface area contributed by atoms with Crippen molar-refractivity contribution >= 4 is 33.2 Å². The number of aromatic nitrogens is 2. The smallest absolute Gasteiger partial charge is 0.125 e. The third kappa shape index (κ3) is 3.28. The molecular weight excluding hydrogens is 333 g/mol. The summed E-state index contributed by atoms with van der Waals surface area (Å²) in [4.78, 5) is 0. The molecule has 0 spiro atoms. The van der Waals surface area contributed by atoms with E-state index in [0.717, 1.165) is 12.1 Å². The standard InChI is InChI=1S/C13H14BrClFN3/c1-3-19-7-9(6-17-19)8(2)18-13-11(14)4-10(16)5-12(13)15/h4-8,18H,3H2,1-2H3. The quantitative estimate of drug-likeness (QED) is 0.874. The molecule has 1 unspecified atom stereocenters. The number of aryl methyl sites for hydroxylation is 1. The van der Waals surface area contributed by atoms with Crippen molar-refractivity contribution in [2.75, 3.05) is 5.32 Å². The third-order valence-electron chi connectivity index (χ3n) is 2.84. The van der Waals surface area contributed by atoms with Crippen LogP contribution in [0.4, 0.5) is 10.1 Å². The van der Waals surface area contributed by atoms with Crippen LogP contribution in [-0.4, -0.2) is 9.78 Å². The molecule has 2 rings (SSSR count). The van der Waals surface area contributed by atoms with Crippen molar-refractivity contribution < 1.29 is 4.39 Å². The minimum atomic E-state index is -0.367. The Labute approximate surface area is 124 Å². The average molecular weight is 347 g/mol. The normalized spacial score (nSPS) is 12.5. The van der Waals surface area contributed by atoms with Gasteiger partial charge < -0.3 is 5.32 Å². The fourth-order valence-corrected chi connectivity index (χ4v) is 2.68. The predicted molar refractivity (Wildman–Crippen MR) is 79.0 cm³/mol. The van der Waals surface area contributed by atoms with Crippen LogP contribution in [0.15, 0.2) is 29.0 Å². The SMILES string of the molecule is CCn1cc(C(C)Nc2c(Cl)cc(F)cc2Br)cn1. The molecule has 6 heteroatoms. The molecule has 1 aromatic heterocycles. The first kappa shape index (κ1) is 14.3. The lowest BCUT2D eigenvalue weighted by Crippen LogP contribution is -2.07. The van der Waals surface area contributed by atoms with Gasteiger partial charge in [-0.1, -0.05) is 11.6 Å². The van der Waals surface area contributed by atoms with E-state index < -0.39 is 0 Å². The monoisotopic (exact) mass is 345 g/mol. The summed E-state index contributed by atoms with van der Waals surface area (Å²) < 4.78 is 15.6. The molecule has 0 radical (unpaired) electrons. The summed E-state index contributed by atoms with van der Waals surface area (Å²) in [6.07, 6.45) is 3.79. The molecule has 0 saturated carbocycles. The summed E-state index contributed by atoms with van der Waals surface area (Å²) >= 11 is 9.36. The van der Waals surface area contributed by atoms with Crippen LogP contribution in [0.5, 0.6) is 0 Å². The van der Waals surface area contributed by atoms with E-state index in [-0.39, 0.29) is 11.9 Å². The van der Waals surface area contributed by atoms with Gasteiger partial charge in [0.25, 0.3) is 0 Å². The van der Waals surface area contributed by atoms with Crippen molar-refractivity contribution in [2.24, 2.45) is 0 Å². The van der Waals surface area contributed by atoms with Gasteiger partial charge in [-0.25, -0.2) is 4.39 Å². The molecule has 0 aliphatic rings. The maximum atomic E-state index is 13.2. The Morgan fingerprint density at radius 3 is 2.84 bits per heavy atom. The zero-order valence-corrected chi connectivity index (χ0v) is 13.0. The molecule has 0 fully saturated rings. The molecule has 3 nitrogen and oxygen atoms in total. The Kier molecular flexibility index (Phi) is 4.47.